The highest BCUT2D eigenvalue weighted by molar-refractivity contribution is 14.0. The topological polar surface area (TPSA) is 84.3 Å². The first kappa shape index (κ1) is 25.6. The molecule has 0 aliphatic heterocycles. The van der Waals surface area contributed by atoms with Crippen molar-refractivity contribution in [3.63, 3.8) is 0 Å². The Morgan fingerprint density at radius 1 is 1.00 bits per heavy atom. The van der Waals surface area contributed by atoms with Gasteiger partial charge in [0.15, 0.2) is 17.5 Å². The zero-order chi connectivity index (χ0) is 19.6. The van der Waals surface area contributed by atoms with Crippen molar-refractivity contribution < 1.29 is 19.3 Å². The lowest BCUT2D eigenvalue weighted by molar-refractivity contribution is 0.0367. The van der Waals surface area contributed by atoms with E-state index in [1.54, 1.807) is 21.3 Å². The summed E-state index contributed by atoms with van der Waals surface area (Å²) in [6.07, 6.45) is 1.37. The molecule has 3 N–H and O–H groups in total. The maximum Gasteiger partial charge on any atom is 0.203 e. The van der Waals surface area contributed by atoms with Crippen LogP contribution in [-0.2, 0) is 6.54 Å². The summed E-state index contributed by atoms with van der Waals surface area (Å²) in [5, 5.41) is 16.8. The van der Waals surface area contributed by atoms with Crippen LogP contribution in [0.4, 0.5) is 0 Å². The highest BCUT2D eigenvalue weighted by atomic mass is 127. The molecule has 0 unspecified atom stereocenters. The SMILES string of the molecule is CCNC(=NCc1cc(OC)c(OC)c(OC)c1)NCC(O)(CC)CC.I. The number of ether oxygens (including phenoxy) is 3. The fraction of sp³-hybridized carbons (Fsp3) is 0.632. The van der Waals surface area contributed by atoms with Gasteiger partial charge in [-0.15, -0.1) is 24.0 Å². The lowest BCUT2D eigenvalue weighted by Crippen LogP contribution is -2.46. The molecule has 7 nitrogen and oxygen atoms in total. The molecule has 0 aromatic heterocycles. The second-order valence-corrected chi connectivity index (χ2v) is 6.01. The first-order valence-corrected chi connectivity index (χ1v) is 9.00. The van der Waals surface area contributed by atoms with Crippen molar-refractivity contribution in [2.75, 3.05) is 34.4 Å². The van der Waals surface area contributed by atoms with Gasteiger partial charge in [-0.2, -0.15) is 0 Å². The third-order valence-corrected chi connectivity index (χ3v) is 4.39. The van der Waals surface area contributed by atoms with Crippen molar-refractivity contribution in [3.05, 3.63) is 17.7 Å². The van der Waals surface area contributed by atoms with Gasteiger partial charge in [-0.25, -0.2) is 4.99 Å². The average molecular weight is 495 g/mol. The summed E-state index contributed by atoms with van der Waals surface area (Å²) in [4.78, 5) is 4.59. The van der Waals surface area contributed by atoms with Crippen LogP contribution in [0.5, 0.6) is 17.2 Å². The van der Waals surface area contributed by atoms with Crippen LogP contribution in [0.25, 0.3) is 0 Å². The molecule has 0 saturated carbocycles. The molecule has 0 fully saturated rings. The predicted octanol–water partition coefficient (Wildman–Crippen LogP) is 2.94. The van der Waals surface area contributed by atoms with Gasteiger partial charge in [0.05, 0.1) is 33.5 Å². The summed E-state index contributed by atoms with van der Waals surface area (Å²) in [5.74, 6) is 2.41. The molecule has 0 saturated heterocycles. The van der Waals surface area contributed by atoms with Crippen molar-refractivity contribution in [3.8, 4) is 17.2 Å². The zero-order valence-electron chi connectivity index (χ0n) is 17.2. The molecule has 1 aromatic rings. The van der Waals surface area contributed by atoms with Crippen LogP contribution < -0.4 is 24.8 Å². The summed E-state index contributed by atoms with van der Waals surface area (Å²) in [5.41, 5.74) is 0.195. The Bertz CT molecular complexity index is 567. The van der Waals surface area contributed by atoms with Crippen molar-refractivity contribution in [2.24, 2.45) is 4.99 Å². The molecular formula is C19H34IN3O4. The average Bonchev–Trinajstić information content (AvgIpc) is 2.68. The summed E-state index contributed by atoms with van der Waals surface area (Å²) < 4.78 is 16.1. The Hall–Kier alpha value is -1.42. The standard InChI is InChI=1S/C19H33N3O4.HI/c1-7-19(23,8-2)13-22-18(20-9-3)21-12-14-10-15(24-4)17(26-6)16(11-14)25-5;/h10-11,23H,7-9,12-13H2,1-6H3,(H2,20,21,22);1H. The smallest absolute Gasteiger partial charge is 0.203 e. The van der Waals surface area contributed by atoms with Crippen LogP contribution in [0.3, 0.4) is 0 Å². The highest BCUT2D eigenvalue weighted by Gasteiger charge is 2.22. The molecule has 1 aromatic carbocycles. The largest absolute Gasteiger partial charge is 0.493 e. The van der Waals surface area contributed by atoms with E-state index in [9.17, 15) is 5.11 Å². The number of benzene rings is 1. The molecule has 1 rings (SSSR count). The predicted molar refractivity (Wildman–Crippen MR) is 120 cm³/mol. The molecule has 0 atom stereocenters. The highest BCUT2D eigenvalue weighted by Crippen LogP contribution is 2.38. The number of nitrogens with one attached hydrogen (secondary N) is 2. The molecule has 0 amide bonds. The molecule has 0 bridgehead atoms. The van der Waals surface area contributed by atoms with Gasteiger partial charge in [0, 0.05) is 13.1 Å². The van der Waals surface area contributed by atoms with Gasteiger partial charge >= 0.3 is 0 Å². The maximum absolute atomic E-state index is 10.4. The van der Waals surface area contributed by atoms with Crippen LogP contribution in [0.1, 0.15) is 39.2 Å². The normalized spacial score (nSPS) is 11.4. The number of nitrogens with zero attached hydrogens (tertiary/aromatic N) is 1. The second-order valence-electron chi connectivity index (χ2n) is 6.01. The summed E-state index contributed by atoms with van der Waals surface area (Å²) in [6.45, 7) is 7.57. The first-order valence-electron chi connectivity index (χ1n) is 9.00. The molecule has 156 valence electrons. The third-order valence-electron chi connectivity index (χ3n) is 4.39. The van der Waals surface area contributed by atoms with Crippen molar-refractivity contribution in [1.29, 1.82) is 0 Å². The van der Waals surface area contributed by atoms with Gasteiger partial charge < -0.3 is 30.0 Å². The Balaban J connectivity index is 0.00000676. The van der Waals surface area contributed by atoms with Crippen LogP contribution in [0.15, 0.2) is 17.1 Å². The molecule has 0 aliphatic rings. The second kappa shape index (κ2) is 12.9. The van der Waals surface area contributed by atoms with Crippen LogP contribution >= 0.6 is 24.0 Å². The van der Waals surface area contributed by atoms with Crippen molar-refractivity contribution in [2.45, 2.75) is 45.8 Å². The van der Waals surface area contributed by atoms with Gasteiger partial charge in [-0.3, -0.25) is 0 Å². The van der Waals surface area contributed by atoms with Crippen LogP contribution in [0.2, 0.25) is 0 Å². The van der Waals surface area contributed by atoms with Gasteiger partial charge in [-0.1, -0.05) is 13.8 Å². The van der Waals surface area contributed by atoms with Crippen molar-refractivity contribution in [1.82, 2.24) is 10.6 Å². The van der Waals surface area contributed by atoms with E-state index in [2.05, 4.69) is 15.6 Å². The first-order chi connectivity index (χ1) is 12.5. The number of hydrogen-bond donors (Lipinski definition) is 3. The van der Waals surface area contributed by atoms with Gasteiger partial charge in [-0.05, 0) is 37.5 Å². The molecule has 0 spiro atoms. The fourth-order valence-corrected chi connectivity index (χ4v) is 2.49. The number of aliphatic imine (C=N–C) groups is 1. The fourth-order valence-electron chi connectivity index (χ4n) is 2.49. The van der Waals surface area contributed by atoms with Gasteiger partial charge in [0.1, 0.15) is 0 Å². The van der Waals surface area contributed by atoms with E-state index in [0.29, 0.717) is 49.1 Å². The number of halogens is 1. The quantitative estimate of drug-likeness (QED) is 0.263. The molecule has 27 heavy (non-hydrogen) atoms. The monoisotopic (exact) mass is 495 g/mol. The van der Waals surface area contributed by atoms with Crippen LogP contribution in [0, 0.1) is 0 Å². The van der Waals surface area contributed by atoms with E-state index < -0.39 is 5.60 Å². The molecule has 0 aliphatic carbocycles. The Morgan fingerprint density at radius 2 is 1.56 bits per heavy atom. The lowest BCUT2D eigenvalue weighted by Gasteiger charge is -2.26. The minimum Gasteiger partial charge on any atom is -0.493 e. The van der Waals surface area contributed by atoms with Crippen molar-refractivity contribution >= 4 is 29.9 Å². The Labute approximate surface area is 179 Å². The molecule has 8 heteroatoms. The number of hydrogen-bond acceptors (Lipinski definition) is 5. The lowest BCUT2D eigenvalue weighted by atomic mass is 9.98. The van der Waals surface area contributed by atoms with E-state index in [4.69, 9.17) is 14.2 Å². The number of rotatable bonds is 10. The number of aliphatic hydroxyl groups is 1. The number of methoxy groups -OCH3 is 3. The summed E-state index contributed by atoms with van der Waals surface area (Å²) in [6, 6.07) is 3.76. The molecule has 0 radical (unpaired) electrons. The number of guanidine groups is 1. The van der Waals surface area contributed by atoms with Crippen LogP contribution in [-0.4, -0.2) is 51.1 Å². The third kappa shape index (κ3) is 7.61. The Kier molecular flexibility index (Phi) is 12.2. The zero-order valence-corrected chi connectivity index (χ0v) is 19.5. The van der Waals surface area contributed by atoms with E-state index in [1.807, 2.05) is 32.9 Å². The van der Waals surface area contributed by atoms with Gasteiger partial charge in [0.2, 0.25) is 5.75 Å². The minimum absolute atomic E-state index is 0. The maximum atomic E-state index is 10.4. The van der Waals surface area contributed by atoms with E-state index >= 15 is 0 Å². The minimum atomic E-state index is -0.733. The Morgan fingerprint density at radius 3 is 1.96 bits per heavy atom. The molecule has 0 heterocycles. The van der Waals surface area contributed by atoms with E-state index in [1.165, 1.54) is 0 Å². The van der Waals surface area contributed by atoms with E-state index in [-0.39, 0.29) is 24.0 Å². The summed E-state index contributed by atoms with van der Waals surface area (Å²) in [7, 11) is 4.76. The van der Waals surface area contributed by atoms with Gasteiger partial charge in [0.25, 0.3) is 0 Å². The molecular weight excluding hydrogens is 461 g/mol. The van der Waals surface area contributed by atoms with E-state index in [0.717, 1.165) is 12.1 Å². The summed E-state index contributed by atoms with van der Waals surface area (Å²) >= 11 is 0.